The van der Waals surface area contributed by atoms with E-state index in [9.17, 15) is 19.2 Å². The number of hydrogen-bond acceptors (Lipinski definition) is 8. The van der Waals surface area contributed by atoms with Gasteiger partial charge in [-0.1, -0.05) is 101 Å². The van der Waals surface area contributed by atoms with Crippen LogP contribution in [-0.4, -0.2) is 75.0 Å². The molecule has 0 atom stereocenters. The zero-order chi connectivity index (χ0) is 38.9. The molecule has 0 aliphatic carbocycles. The minimum absolute atomic E-state index is 0.137. The number of Topliss-reactive ketones (excluding diaryl/α,β-unsaturated/α-hetero) is 2. The Kier molecular flexibility index (Phi) is 39.1. The van der Waals surface area contributed by atoms with Gasteiger partial charge in [0.25, 0.3) is 0 Å². The van der Waals surface area contributed by atoms with Crippen molar-refractivity contribution in [2.75, 3.05) is 46.6 Å². The van der Waals surface area contributed by atoms with Gasteiger partial charge in [0.1, 0.15) is 24.8 Å². The van der Waals surface area contributed by atoms with E-state index in [2.05, 4.69) is 29.2 Å². The Morgan fingerprint density at radius 2 is 0.679 bits per heavy atom. The Morgan fingerprint density at radius 3 is 1.00 bits per heavy atom. The molecule has 8 nitrogen and oxygen atoms in total. The van der Waals surface area contributed by atoms with Crippen molar-refractivity contribution in [2.45, 2.75) is 194 Å². The summed E-state index contributed by atoms with van der Waals surface area (Å²) in [4.78, 5) is 48.5. The molecule has 0 radical (unpaired) electrons. The van der Waals surface area contributed by atoms with E-state index in [1.807, 2.05) is 0 Å². The summed E-state index contributed by atoms with van der Waals surface area (Å²) in [6.07, 6.45) is 39.0. The highest BCUT2D eigenvalue weighted by atomic mass is 16.5. The SMILES string of the molecule is COCCN(CCOC(=O)CCCCCCC/C=C/CCCCCCCC(C)=O)CCOC(=O)CCCCCCC/C=C/CCCCCCCC(C)=O. The van der Waals surface area contributed by atoms with Crippen LogP contribution in [0.25, 0.3) is 0 Å². The van der Waals surface area contributed by atoms with Crippen LogP contribution in [0.5, 0.6) is 0 Å². The predicted octanol–water partition coefficient (Wildman–Crippen LogP) is 11.2. The second-order valence-electron chi connectivity index (χ2n) is 14.8. The number of carbonyl (C=O) groups is 4. The summed E-state index contributed by atoms with van der Waals surface area (Å²) in [7, 11) is 1.67. The fraction of sp³-hybridized carbons (Fsp3) is 0.822. The molecular weight excluding hydrogens is 666 g/mol. The third-order valence-corrected chi connectivity index (χ3v) is 9.59. The van der Waals surface area contributed by atoms with Crippen LogP contribution in [0, 0.1) is 0 Å². The molecule has 0 spiro atoms. The Balaban J connectivity index is 3.70. The molecule has 8 heteroatoms. The van der Waals surface area contributed by atoms with Gasteiger partial charge in [-0.15, -0.1) is 0 Å². The summed E-state index contributed by atoms with van der Waals surface area (Å²) >= 11 is 0. The summed E-state index contributed by atoms with van der Waals surface area (Å²) in [5.74, 6) is 0.332. The van der Waals surface area contributed by atoms with E-state index in [4.69, 9.17) is 14.2 Å². The van der Waals surface area contributed by atoms with Crippen LogP contribution in [0.15, 0.2) is 24.3 Å². The lowest BCUT2D eigenvalue weighted by molar-refractivity contribution is -0.144. The van der Waals surface area contributed by atoms with E-state index in [1.54, 1.807) is 21.0 Å². The van der Waals surface area contributed by atoms with Gasteiger partial charge in [-0.25, -0.2) is 0 Å². The van der Waals surface area contributed by atoms with Crippen molar-refractivity contribution in [3.63, 3.8) is 0 Å². The van der Waals surface area contributed by atoms with Crippen LogP contribution in [-0.2, 0) is 33.4 Å². The van der Waals surface area contributed by atoms with Gasteiger partial charge in [-0.2, -0.15) is 0 Å². The molecule has 0 unspecified atom stereocenters. The number of nitrogens with zero attached hydrogens (tertiary/aromatic N) is 1. The van der Waals surface area contributed by atoms with Gasteiger partial charge in [-0.05, 0) is 90.9 Å². The standard InChI is InChI=1S/C45H81NO7/c1-42(47)32-28-24-20-16-12-8-4-6-10-14-18-22-26-30-34-44(49)52-40-37-46(36-39-51-3)38-41-53-45(50)35-31-27-23-19-15-11-7-5-9-13-17-21-25-29-33-43(2)48/h4-7H,8-41H2,1-3H3/b6-4+,7-5+. The van der Waals surface area contributed by atoms with E-state index >= 15 is 0 Å². The summed E-state index contributed by atoms with van der Waals surface area (Å²) in [6, 6.07) is 0. The number of ketones is 2. The van der Waals surface area contributed by atoms with Crippen LogP contribution < -0.4 is 0 Å². The highest BCUT2D eigenvalue weighted by molar-refractivity contribution is 5.75. The lowest BCUT2D eigenvalue weighted by atomic mass is 10.1. The van der Waals surface area contributed by atoms with Crippen molar-refractivity contribution in [1.82, 2.24) is 4.90 Å². The molecule has 308 valence electrons. The van der Waals surface area contributed by atoms with Gasteiger partial charge < -0.3 is 23.8 Å². The third kappa shape index (κ3) is 42.3. The number of rotatable bonds is 41. The van der Waals surface area contributed by atoms with Crippen molar-refractivity contribution >= 4 is 23.5 Å². The summed E-state index contributed by atoms with van der Waals surface area (Å²) < 4.78 is 16.2. The van der Waals surface area contributed by atoms with E-state index in [0.717, 1.165) is 89.9 Å². The molecule has 53 heavy (non-hydrogen) atoms. The molecule has 0 aromatic heterocycles. The van der Waals surface area contributed by atoms with Gasteiger partial charge in [0.05, 0.1) is 6.61 Å². The number of allylic oxidation sites excluding steroid dienone is 4. The van der Waals surface area contributed by atoms with Crippen molar-refractivity contribution in [1.29, 1.82) is 0 Å². The lowest BCUT2D eigenvalue weighted by Gasteiger charge is -2.21. The average Bonchev–Trinajstić information content (AvgIpc) is 3.12. The van der Waals surface area contributed by atoms with Gasteiger partial charge in [-0.3, -0.25) is 14.5 Å². The molecule has 0 amide bonds. The lowest BCUT2D eigenvalue weighted by Crippen LogP contribution is -2.34. The molecule has 0 bridgehead atoms. The Morgan fingerprint density at radius 1 is 0.396 bits per heavy atom. The van der Waals surface area contributed by atoms with Gasteiger partial charge >= 0.3 is 11.9 Å². The first-order valence-electron chi connectivity index (χ1n) is 21.7. The van der Waals surface area contributed by atoms with Crippen LogP contribution >= 0.6 is 0 Å². The van der Waals surface area contributed by atoms with E-state index in [-0.39, 0.29) is 11.9 Å². The Hall–Kier alpha value is -2.32. The molecule has 0 saturated heterocycles. The molecule has 0 saturated carbocycles. The van der Waals surface area contributed by atoms with Gasteiger partial charge in [0.2, 0.25) is 0 Å². The monoisotopic (exact) mass is 748 g/mol. The van der Waals surface area contributed by atoms with Crippen LogP contribution in [0.1, 0.15) is 194 Å². The zero-order valence-corrected chi connectivity index (χ0v) is 34.7. The second-order valence-corrected chi connectivity index (χ2v) is 14.8. The Bertz CT molecular complexity index is 862. The minimum atomic E-state index is -0.137. The van der Waals surface area contributed by atoms with Crippen molar-refractivity contribution in [2.24, 2.45) is 0 Å². The molecular formula is C45H81NO7. The maximum atomic E-state index is 12.2. The fourth-order valence-electron chi connectivity index (χ4n) is 6.21. The number of ether oxygens (including phenoxy) is 3. The second kappa shape index (κ2) is 40.9. The third-order valence-electron chi connectivity index (χ3n) is 9.59. The van der Waals surface area contributed by atoms with E-state index < -0.39 is 0 Å². The highest BCUT2D eigenvalue weighted by Gasteiger charge is 2.10. The molecule has 0 rings (SSSR count). The van der Waals surface area contributed by atoms with Crippen LogP contribution in [0.3, 0.4) is 0 Å². The fourth-order valence-corrected chi connectivity index (χ4v) is 6.21. The molecule has 0 N–H and O–H groups in total. The predicted molar refractivity (Wildman–Crippen MR) is 219 cm³/mol. The summed E-state index contributed by atoms with van der Waals surface area (Å²) in [5.41, 5.74) is 0. The maximum absolute atomic E-state index is 12.2. The minimum Gasteiger partial charge on any atom is -0.464 e. The number of esters is 2. The average molecular weight is 748 g/mol. The maximum Gasteiger partial charge on any atom is 0.305 e. The molecule has 0 heterocycles. The smallest absolute Gasteiger partial charge is 0.305 e. The van der Waals surface area contributed by atoms with Gasteiger partial charge in [0.15, 0.2) is 0 Å². The first-order chi connectivity index (χ1) is 25.8. The van der Waals surface area contributed by atoms with Crippen LogP contribution in [0.2, 0.25) is 0 Å². The van der Waals surface area contributed by atoms with Crippen molar-refractivity contribution in [3.8, 4) is 0 Å². The van der Waals surface area contributed by atoms with Crippen molar-refractivity contribution < 1.29 is 33.4 Å². The first kappa shape index (κ1) is 50.7. The molecule has 0 aromatic carbocycles. The summed E-state index contributed by atoms with van der Waals surface area (Å²) in [5, 5.41) is 0. The molecule has 0 aliphatic rings. The molecule has 0 fully saturated rings. The number of methoxy groups -OCH3 is 1. The van der Waals surface area contributed by atoms with Crippen LogP contribution in [0.4, 0.5) is 0 Å². The number of carbonyl (C=O) groups excluding carboxylic acids is 4. The van der Waals surface area contributed by atoms with Gasteiger partial charge in [0, 0.05) is 52.4 Å². The van der Waals surface area contributed by atoms with E-state index in [1.165, 1.54) is 77.0 Å². The van der Waals surface area contributed by atoms with E-state index in [0.29, 0.717) is 63.9 Å². The topological polar surface area (TPSA) is 99.2 Å². The van der Waals surface area contributed by atoms with Crippen molar-refractivity contribution in [3.05, 3.63) is 24.3 Å². The number of hydrogen-bond donors (Lipinski definition) is 0. The Labute approximate surface area is 325 Å². The highest BCUT2D eigenvalue weighted by Crippen LogP contribution is 2.12. The summed E-state index contributed by atoms with van der Waals surface area (Å²) in [6.45, 7) is 6.48. The number of unbranched alkanes of at least 4 members (excludes halogenated alkanes) is 20. The normalized spacial score (nSPS) is 11.6. The quantitative estimate of drug-likeness (QED) is 0.0346. The molecule has 0 aromatic rings. The largest absolute Gasteiger partial charge is 0.464 e. The zero-order valence-electron chi connectivity index (χ0n) is 34.7. The first-order valence-corrected chi connectivity index (χ1v) is 21.7. The molecule has 0 aliphatic heterocycles.